The van der Waals surface area contributed by atoms with Crippen LogP contribution in [0, 0.1) is 18.3 Å². The Kier molecular flexibility index (Phi) is 5.71. The quantitative estimate of drug-likeness (QED) is 0.775. The fourth-order valence-electron chi connectivity index (χ4n) is 4.11. The van der Waals surface area contributed by atoms with Gasteiger partial charge in [-0.1, -0.05) is 27.2 Å². The number of hydrogen-bond acceptors (Lipinski definition) is 5. The molecule has 146 valence electrons. The number of fused-ring (bicyclic) bond motifs is 1. The van der Waals surface area contributed by atoms with Crippen LogP contribution in [0.25, 0.3) is 5.65 Å². The second-order valence-electron chi connectivity index (χ2n) is 8.16. The largest absolute Gasteiger partial charge is 0.341 e. The highest BCUT2D eigenvalue weighted by molar-refractivity contribution is 5.69. The Bertz CT molecular complexity index is 858. The van der Waals surface area contributed by atoms with Gasteiger partial charge in [-0.3, -0.25) is 4.90 Å². The SMILES string of the molecule is CCCCc1c(C)c(C#N)c2nc(C(C)C)nn2c1N1CCCC1N(C)C. The van der Waals surface area contributed by atoms with Crippen molar-refractivity contribution in [3.63, 3.8) is 0 Å². The molecule has 0 N–H and O–H groups in total. The third-order valence-electron chi connectivity index (χ3n) is 5.64. The normalized spacial score (nSPS) is 17.4. The van der Waals surface area contributed by atoms with Gasteiger partial charge in [0.05, 0.1) is 6.17 Å². The molecule has 27 heavy (non-hydrogen) atoms. The predicted octanol–water partition coefficient (Wildman–Crippen LogP) is 3.86. The summed E-state index contributed by atoms with van der Waals surface area (Å²) in [5, 5.41) is 14.7. The zero-order valence-electron chi connectivity index (χ0n) is 17.6. The molecule has 0 aliphatic carbocycles. The molecule has 2 aromatic heterocycles. The molecule has 0 radical (unpaired) electrons. The Morgan fingerprint density at radius 1 is 1.33 bits per heavy atom. The van der Waals surface area contributed by atoms with Gasteiger partial charge in [-0.2, -0.15) is 9.78 Å². The lowest BCUT2D eigenvalue weighted by Gasteiger charge is -2.33. The average molecular weight is 369 g/mol. The van der Waals surface area contributed by atoms with E-state index in [0.29, 0.717) is 17.4 Å². The molecule has 1 saturated heterocycles. The van der Waals surface area contributed by atoms with Gasteiger partial charge in [0, 0.05) is 12.5 Å². The summed E-state index contributed by atoms with van der Waals surface area (Å²) in [7, 11) is 4.28. The minimum absolute atomic E-state index is 0.229. The summed E-state index contributed by atoms with van der Waals surface area (Å²) in [5.41, 5.74) is 3.71. The Balaban J connectivity index is 2.32. The molecule has 1 aliphatic rings. The minimum Gasteiger partial charge on any atom is -0.341 e. The van der Waals surface area contributed by atoms with Gasteiger partial charge in [0.1, 0.15) is 17.5 Å². The van der Waals surface area contributed by atoms with Gasteiger partial charge in [0.2, 0.25) is 0 Å². The molecule has 0 aromatic carbocycles. The third-order valence-corrected chi connectivity index (χ3v) is 5.64. The summed E-state index contributed by atoms with van der Waals surface area (Å²) < 4.78 is 1.97. The summed E-state index contributed by atoms with van der Waals surface area (Å²) >= 11 is 0. The first kappa shape index (κ1) is 19.6. The smallest absolute Gasteiger partial charge is 0.176 e. The van der Waals surface area contributed by atoms with Crippen LogP contribution < -0.4 is 4.90 Å². The molecule has 0 spiro atoms. The molecule has 1 fully saturated rings. The average Bonchev–Trinajstić information content (AvgIpc) is 3.27. The van der Waals surface area contributed by atoms with Crippen molar-refractivity contribution in [3.05, 3.63) is 22.5 Å². The van der Waals surface area contributed by atoms with Crippen LogP contribution in [-0.4, -0.2) is 46.3 Å². The number of nitrogens with zero attached hydrogens (tertiary/aromatic N) is 6. The number of unbranched alkanes of at least 4 members (excludes halogenated alkanes) is 1. The summed E-state index contributed by atoms with van der Waals surface area (Å²) in [5.74, 6) is 2.18. The molecule has 1 aliphatic heterocycles. The molecule has 1 atom stereocenters. The van der Waals surface area contributed by atoms with E-state index < -0.39 is 0 Å². The van der Waals surface area contributed by atoms with Gasteiger partial charge >= 0.3 is 0 Å². The lowest BCUT2D eigenvalue weighted by molar-refractivity contribution is 0.299. The first-order valence-electron chi connectivity index (χ1n) is 10.2. The maximum atomic E-state index is 9.86. The van der Waals surface area contributed by atoms with Crippen molar-refractivity contribution in [2.75, 3.05) is 25.5 Å². The molecule has 6 nitrogen and oxygen atoms in total. The fraction of sp³-hybridized carbons (Fsp3) is 0.667. The summed E-state index contributed by atoms with van der Waals surface area (Å²) in [6.45, 7) is 9.51. The van der Waals surface area contributed by atoms with E-state index in [1.807, 2.05) is 4.52 Å². The monoisotopic (exact) mass is 368 g/mol. The number of nitriles is 1. The summed E-state index contributed by atoms with van der Waals surface area (Å²) in [6, 6.07) is 2.41. The Morgan fingerprint density at radius 2 is 2.07 bits per heavy atom. The molecular formula is C21H32N6. The van der Waals surface area contributed by atoms with Crippen molar-refractivity contribution >= 4 is 11.5 Å². The van der Waals surface area contributed by atoms with Gasteiger partial charge < -0.3 is 4.90 Å². The number of anilines is 1. The van der Waals surface area contributed by atoms with Crippen molar-refractivity contribution in [1.82, 2.24) is 19.5 Å². The molecule has 6 heteroatoms. The van der Waals surface area contributed by atoms with Crippen LogP contribution in [0.5, 0.6) is 0 Å². The van der Waals surface area contributed by atoms with E-state index in [2.05, 4.69) is 57.7 Å². The van der Waals surface area contributed by atoms with Crippen molar-refractivity contribution in [2.24, 2.45) is 0 Å². The number of rotatable bonds is 6. The van der Waals surface area contributed by atoms with Crippen molar-refractivity contribution in [3.8, 4) is 6.07 Å². The van der Waals surface area contributed by atoms with Gasteiger partial charge in [0.25, 0.3) is 0 Å². The van der Waals surface area contributed by atoms with Crippen LogP contribution in [-0.2, 0) is 6.42 Å². The van der Waals surface area contributed by atoms with Crippen LogP contribution in [0.15, 0.2) is 0 Å². The van der Waals surface area contributed by atoms with Crippen LogP contribution in [0.1, 0.15) is 74.9 Å². The van der Waals surface area contributed by atoms with E-state index in [9.17, 15) is 5.26 Å². The van der Waals surface area contributed by atoms with Crippen molar-refractivity contribution < 1.29 is 0 Å². The van der Waals surface area contributed by atoms with E-state index in [1.54, 1.807) is 0 Å². The topological polar surface area (TPSA) is 60.5 Å². The Hall–Kier alpha value is -2.13. The molecule has 3 rings (SSSR count). The second-order valence-corrected chi connectivity index (χ2v) is 8.16. The van der Waals surface area contributed by atoms with E-state index in [0.717, 1.165) is 49.4 Å². The first-order chi connectivity index (χ1) is 12.9. The summed E-state index contributed by atoms with van der Waals surface area (Å²) in [4.78, 5) is 9.52. The molecule has 3 heterocycles. The van der Waals surface area contributed by atoms with Crippen LogP contribution in [0.4, 0.5) is 5.82 Å². The van der Waals surface area contributed by atoms with E-state index in [-0.39, 0.29) is 5.92 Å². The Morgan fingerprint density at radius 3 is 2.67 bits per heavy atom. The van der Waals surface area contributed by atoms with E-state index in [4.69, 9.17) is 10.1 Å². The standard InChI is InChI=1S/C21H32N6/c1-7-8-10-16-15(4)17(13-22)20-23-19(14(2)3)24-27(20)21(16)26-12-9-11-18(26)25(5)6/h14,18H,7-12H2,1-6H3. The lowest BCUT2D eigenvalue weighted by atomic mass is 9.99. The summed E-state index contributed by atoms with van der Waals surface area (Å²) in [6.07, 6.45) is 5.87. The van der Waals surface area contributed by atoms with E-state index >= 15 is 0 Å². The van der Waals surface area contributed by atoms with Crippen molar-refractivity contribution in [1.29, 1.82) is 5.26 Å². The number of pyridine rings is 1. The maximum Gasteiger partial charge on any atom is 0.176 e. The number of hydrogen-bond donors (Lipinski definition) is 0. The number of aromatic nitrogens is 3. The maximum absolute atomic E-state index is 9.86. The van der Waals surface area contributed by atoms with Gasteiger partial charge in [0.15, 0.2) is 11.5 Å². The van der Waals surface area contributed by atoms with Crippen LogP contribution in [0.2, 0.25) is 0 Å². The third kappa shape index (κ3) is 3.41. The molecular weight excluding hydrogens is 336 g/mol. The van der Waals surface area contributed by atoms with E-state index in [1.165, 1.54) is 12.0 Å². The second kappa shape index (κ2) is 7.85. The van der Waals surface area contributed by atoms with Crippen LogP contribution >= 0.6 is 0 Å². The van der Waals surface area contributed by atoms with Gasteiger partial charge in [-0.05, 0) is 57.8 Å². The highest BCUT2D eigenvalue weighted by Gasteiger charge is 2.32. The molecule has 1 unspecified atom stereocenters. The lowest BCUT2D eigenvalue weighted by Crippen LogP contribution is -2.42. The van der Waals surface area contributed by atoms with Gasteiger partial charge in [-0.25, -0.2) is 4.98 Å². The Labute approximate surface area is 162 Å². The zero-order valence-corrected chi connectivity index (χ0v) is 17.6. The zero-order chi connectivity index (χ0) is 19.7. The molecule has 0 amide bonds. The predicted molar refractivity (Wildman–Crippen MR) is 109 cm³/mol. The van der Waals surface area contributed by atoms with Crippen LogP contribution in [0.3, 0.4) is 0 Å². The molecule has 2 aromatic rings. The molecule has 0 bridgehead atoms. The highest BCUT2D eigenvalue weighted by atomic mass is 15.4. The van der Waals surface area contributed by atoms with Crippen molar-refractivity contribution in [2.45, 2.75) is 71.9 Å². The highest BCUT2D eigenvalue weighted by Crippen LogP contribution is 2.35. The van der Waals surface area contributed by atoms with Gasteiger partial charge in [-0.15, -0.1) is 5.10 Å². The fourth-order valence-corrected chi connectivity index (χ4v) is 4.11. The minimum atomic E-state index is 0.229. The molecule has 0 saturated carbocycles. The first-order valence-corrected chi connectivity index (χ1v) is 10.2.